The molecule has 0 radical (unpaired) electrons. The molecule has 0 saturated carbocycles. The summed E-state index contributed by atoms with van der Waals surface area (Å²) in [7, 11) is -3.46. The topological polar surface area (TPSA) is 347 Å². The first-order valence-corrected chi connectivity index (χ1v) is 27.6. The zero-order chi connectivity index (χ0) is 61.4. The molecule has 3 heterocycles. The molecular formula is C51H76N10O18S2. The van der Waals surface area contributed by atoms with Crippen molar-refractivity contribution in [3.8, 4) is 17.0 Å². The average molecular weight is 1180 g/mol. The highest BCUT2D eigenvalue weighted by Gasteiger charge is 2.58. The Hall–Kier alpha value is -7.31. The smallest absolute Gasteiger partial charge is 0.437 e. The summed E-state index contributed by atoms with van der Waals surface area (Å²) < 4.78 is 73.3. The van der Waals surface area contributed by atoms with Gasteiger partial charge < -0.3 is 58.3 Å². The minimum absolute atomic E-state index is 0.0172. The van der Waals surface area contributed by atoms with E-state index in [1.807, 2.05) is 0 Å². The Morgan fingerprint density at radius 2 is 1.30 bits per heavy atom. The van der Waals surface area contributed by atoms with Crippen molar-refractivity contribution in [2.24, 2.45) is 23.1 Å². The van der Waals surface area contributed by atoms with Crippen LogP contribution in [-0.4, -0.2) is 145 Å². The lowest BCUT2D eigenvalue weighted by Crippen LogP contribution is -2.76. The quantitative estimate of drug-likeness (QED) is 0.0224. The van der Waals surface area contributed by atoms with Crippen molar-refractivity contribution in [1.29, 1.82) is 0 Å². The monoisotopic (exact) mass is 1180 g/mol. The summed E-state index contributed by atoms with van der Waals surface area (Å²) in [6.07, 6.45) is -3.09. The Morgan fingerprint density at radius 3 is 1.79 bits per heavy atom. The van der Waals surface area contributed by atoms with Crippen LogP contribution < -0.4 is 31.6 Å². The van der Waals surface area contributed by atoms with Gasteiger partial charge in [-0.05, 0) is 148 Å². The van der Waals surface area contributed by atoms with Crippen LogP contribution in [0.1, 0.15) is 123 Å². The molecular weight excluding hydrogens is 1100 g/mol. The first-order valence-electron chi connectivity index (χ1n) is 25.3. The van der Waals surface area contributed by atoms with Crippen molar-refractivity contribution in [3.05, 3.63) is 47.2 Å². The normalized spacial score (nSPS) is 15.7. The number of carbonyl (C=O) groups excluding carboxylic acids is 7. The molecule has 30 heteroatoms. The molecule has 3 aromatic rings. The number of nitrogens with one attached hydrogen (secondary N) is 4. The lowest BCUT2D eigenvalue weighted by molar-refractivity contribution is -0.218. The van der Waals surface area contributed by atoms with E-state index in [-0.39, 0.29) is 41.8 Å². The molecule has 0 unspecified atom stereocenters. The maximum absolute atomic E-state index is 14.1. The second kappa shape index (κ2) is 25.6. The minimum Gasteiger partial charge on any atom is -0.489 e. The van der Waals surface area contributed by atoms with Gasteiger partial charge in [0.2, 0.25) is 5.62 Å². The number of amides is 6. The van der Waals surface area contributed by atoms with Gasteiger partial charge in [-0.3, -0.25) is 19.5 Å². The summed E-state index contributed by atoms with van der Waals surface area (Å²) in [6.45, 7) is 27.4. The number of hydrogen-bond acceptors (Lipinski definition) is 20. The molecule has 2 atom stereocenters. The predicted molar refractivity (Wildman–Crippen MR) is 293 cm³/mol. The number of benzene rings is 1. The molecule has 1 saturated heterocycles. The molecule has 5 N–H and O–H groups in total. The van der Waals surface area contributed by atoms with Gasteiger partial charge in [0, 0.05) is 44.2 Å². The fourth-order valence-corrected chi connectivity index (χ4v) is 8.17. The molecule has 1 fully saturated rings. The van der Waals surface area contributed by atoms with Crippen molar-refractivity contribution < 1.29 is 84.1 Å². The van der Waals surface area contributed by atoms with Gasteiger partial charge in [0.25, 0.3) is 17.9 Å². The van der Waals surface area contributed by atoms with Crippen LogP contribution in [0.4, 0.5) is 24.3 Å². The van der Waals surface area contributed by atoms with Crippen LogP contribution >= 0.6 is 11.3 Å². The number of hydrogen-bond donors (Lipinski definition) is 5. The van der Waals surface area contributed by atoms with Crippen LogP contribution in [0, 0.1) is 5.92 Å². The third kappa shape index (κ3) is 21.6. The zero-order valence-electron chi connectivity index (χ0n) is 48.9. The number of hydroxylamine groups is 2. The van der Waals surface area contributed by atoms with E-state index < -0.39 is 116 Å². The Balaban J connectivity index is 1.70. The lowest BCUT2D eigenvalue weighted by Gasteiger charge is -2.50. The number of nitrogens with zero attached hydrogens (tertiary/aromatic N) is 6. The van der Waals surface area contributed by atoms with Gasteiger partial charge in [0.1, 0.15) is 52.1 Å². The molecule has 4 rings (SSSR count). The van der Waals surface area contributed by atoms with Crippen LogP contribution in [0.25, 0.3) is 11.3 Å². The number of rotatable bonds is 19. The van der Waals surface area contributed by atoms with Gasteiger partial charge >= 0.3 is 40.7 Å². The Morgan fingerprint density at radius 1 is 0.778 bits per heavy atom. The fourth-order valence-electron chi connectivity index (χ4n) is 7.04. The number of anilines is 1. The number of carbonyl (C=O) groups is 7. The Labute approximate surface area is 474 Å². The van der Waals surface area contributed by atoms with Crippen LogP contribution in [0.5, 0.6) is 5.75 Å². The van der Waals surface area contributed by atoms with E-state index in [2.05, 4.69) is 40.7 Å². The van der Waals surface area contributed by atoms with Crippen molar-refractivity contribution >= 4 is 74.7 Å². The Bertz CT molecular complexity index is 2970. The van der Waals surface area contributed by atoms with Gasteiger partial charge in [-0.15, -0.1) is 20.6 Å². The van der Waals surface area contributed by atoms with Crippen LogP contribution in [0.15, 0.2) is 46.0 Å². The first-order chi connectivity index (χ1) is 36.9. The fraction of sp³-hybridized carbons (Fsp3) is 0.608. The largest absolute Gasteiger partial charge is 0.489 e. The number of thiazole rings is 1. The van der Waals surface area contributed by atoms with E-state index in [9.17, 15) is 46.5 Å². The van der Waals surface area contributed by atoms with Gasteiger partial charge in [0.05, 0.1) is 11.2 Å². The van der Waals surface area contributed by atoms with Crippen LogP contribution in [0.2, 0.25) is 0 Å². The van der Waals surface area contributed by atoms with Crippen molar-refractivity contribution in [2.75, 3.05) is 25.0 Å². The third-order valence-corrected chi connectivity index (χ3v) is 11.4. The first kappa shape index (κ1) is 66.2. The lowest BCUT2D eigenvalue weighted by atomic mass is 9.84. The molecule has 2 aromatic heterocycles. The highest BCUT2D eigenvalue weighted by Crippen LogP contribution is 2.33. The highest BCUT2D eigenvalue weighted by molar-refractivity contribution is 7.80. The van der Waals surface area contributed by atoms with Crippen LogP contribution in [0.3, 0.4) is 0 Å². The number of aromatic nitrogens is 3. The maximum atomic E-state index is 14.1. The van der Waals surface area contributed by atoms with E-state index in [1.165, 1.54) is 19.2 Å². The van der Waals surface area contributed by atoms with Crippen molar-refractivity contribution in [2.45, 2.75) is 170 Å². The summed E-state index contributed by atoms with van der Waals surface area (Å²) in [5.74, 6) is -3.47. The molecule has 450 valence electrons. The number of ether oxygens (including phenoxy) is 6. The van der Waals surface area contributed by atoms with Crippen LogP contribution in [-0.2, 0) is 71.2 Å². The molecule has 6 amide bonds. The van der Waals surface area contributed by atoms with E-state index in [1.54, 1.807) is 151 Å². The molecule has 0 bridgehead atoms. The number of imidazole rings is 1. The van der Waals surface area contributed by atoms with Crippen molar-refractivity contribution in [1.82, 2.24) is 35.1 Å². The van der Waals surface area contributed by atoms with E-state index in [0.717, 1.165) is 11.3 Å². The van der Waals surface area contributed by atoms with E-state index in [0.29, 0.717) is 16.3 Å². The van der Waals surface area contributed by atoms with E-state index in [4.69, 9.17) is 33.3 Å². The molecule has 0 aliphatic carbocycles. The zero-order valence-corrected chi connectivity index (χ0v) is 50.5. The summed E-state index contributed by atoms with van der Waals surface area (Å²) in [5.41, 5.74) is -5.51. The van der Waals surface area contributed by atoms with Gasteiger partial charge in [-0.25, -0.2) is 29.0 Å². The molecule has 81 heavy (non-hydrogen) atoms. The average Bonchev–Trinajstić information content (AvgIpc) is 3.95. The van der Waals surface area contributed by atoms with Gasteiger partial charge in [-0.2, -0.15) is 13.5 Å². The highest BCUT2D eigenvalue weighted by atomic mass is 32.3. The standard InChI is InChI=1S/C51H76N10O18S2/c1-46(2,3)73-39(64)34(78-58-35(32-28-80-40(54-32)56-44(67)76-49(10,11)12)37(62)55-36-38(63)61(51(36,16)17)79-81(69,70)71)27-72-31-21-19-30(20-22-31)33-26-60(41(59(33)18)57-45(68)77-50(13,14)15)25-29(23-52-42(65)74-47(4,5)6)24-53-43(66)75-48(7,8)9/h19-22,26,28-29,34,36H,23-25,27H2,1-18H3,(H,52,65)(H,53,66)(H,55,62)(H,54,56,67)(H,69,70,71)/b57-41?,58-35-/t34-,36+/m0/s1. The van der Waals surface area contributed by atoms with E-state index >= 15 is 0 Å². The number of alkyl carbamates (subject to hydrolysis) is 2. The summed E-state index contributed by atoms with van der Waals surface area (Å²) >= 11 is 0.859. The summed E-state index contributed by atoms with van der Waals surface area (Å²) in [5, 5.41) is 16.0. The molecule has 1 aliphatic heterocycles. The second-order valence-corrected chi connectivity index (χ2v) is 25.9. The predicted octanol–water partition coefficient (Wildman–Crippen LogP) is 6.15. The molecule has 28 nitrogen and oxygen atoms in total. The number of β-lactam (4-membered cyclic amide) rings is 1. The summed E-state index contributed by atoms with van der Waals surface area (Å²) in [6, 6.07) is 5.06. The van der Waals surface area contributed by atoms with Gasteiger partial charge in [0.15, 0.2) is 10.8 Å². The minimum atomic E-state index is -5.13. The SMILES string of the molecule is Cn1c(-c2ccc(OC[C@H](O/N=C(\C(=O)N[C@@H]3C(=O)N(OS(=O)(=O)O)C3(C)C)c3csc(NC(=O)OC(C)(C)C)n3)C(=O)OC(C)(C)C)cc2)cn(CC(CNC(=O)OC(C)(C)C)CNC(=O)OC(C)(C)C)c1=NC(=O)OC(C)(C)C. The third-order valence-electron chi connectivity index (χ3n) is 10.3. The Kier molecular flexibility index (Phi) is 21.0. The second-order valence-electron chi connectivity index (χ2n) is 24.0. The molecule has 0 spiro atoms. The number of esters is 1. The van der Waals surface area contributed by atoms with Gasteiger partial charge in [-0.1, -0.05) is 5.16 Å². The maximum Gasteiger partial charge on any atom is 0.437 e. The molecule has 1 aromatic carbocycles. The number of oxime groups is 1. The summed E-state index contributed by atoms with van der Waals surface area (Å²) in [4.78, 5) is 107. The van der Waals surface area contributed by atoms with Crippen molar-refractivity contribution in [3.63, 3.8) is 0 Å². The molecule has 1 aliphatic rings.